The van der Waals surface area contributed by atoms with Crippen molar-refractivity contribution in [2.24, 2.45) is 5.92 Å². The molecule has 6 nitrogen and oxygen atoms in total. The molecule has 0 atom stereocenters. The summed E-state index contributed by atoms with van der Waals surface area (Å²) in [7, 11) is 0. The molecule has 162 valence electrons. The molecule has 1 aromatic heterocycles. The Hall–Kier alpha value is -2.99. The predicted octanol–water partition coefficient (Wildman–Crippen LogP) is 4.50. The summed E-state index contributed by atoms with van der Waals surface area (Å²) in [5.74, 6) is 1.90. The van der Waals surface area contributed by atoms with Gasteiger partial charge in [-0.3, -0.25) is 9.69 Å². The van der Waals surface area contributed by atoms with Crippen molar-refractivity contribution in [2.45, 2.75) is 39.5 Å². The molecule has 31 heavy (non-hydrogen) atoms. The molecule has 0 spiro atoms. The predicted molar refractivity (Wildman–Crippen MR) is 122 cm³/mol. The highest BCUT2D eigenvalue weighted by molar-refractivity contribution is 5.92. The number of nitrogens with one attached hydrogen (secondary N) is 1. The van der Waals surface area contributed by atoms with Crippen molar-refractivity contribution in [3.63, 3.8) is 0 Å². The Kier molecular flexibility index (Phi) is 6.77. The first-order valence-corrected chi connectivity index (χ1v) is 11.1. The van der Waals surface area contributed by atoms with E-state index in [0.29, 0.717) is 24.2 Å². The number of hydrogen-bond donors (Lipinski definition) is 1. The molecule has 0 saturated carbocycles. The van der Waals surface area contributed by atoms with Gasteiger partial charge >= 0.3 is 0 Å². The van der Waals surface area contributed by atoms with Gasteiger partial charge in [0.2, 0.25) is 17.6 Å². The monoisotopic (exact) mass is 418 g/mol. The first-order valence-electron chi connectivity index (χ1n) is 11.1. The largest absolute Gasteiger partial charge is 0.339 e. The number of amides is 1. The molecule has 1 amide bonds. The molecule has 2 heterocycles. The Bertz CT molecular complexity index is 987. The molecule has 0 unspecified atom stereocenters. The molecule has 0 bridgehead atoms. The van der Waals surface area contributed by atoms with E-state index in [4.69, 9.17) is 4.52 Å². The average Bonchev–Trinajstić information content (AvgIpc) is 3.24. The highest BCUT2D eigenvalue weighted by atomic mass is 16.5. The van der Waals surface area contributed by atoms with Crippen molar-refractivity contribution >= 4 is 11.6 Å². The second kappa shape index (κ2) is 9.88. The van der Waals surface area contributed by atoms with Gasteiger partial charge in [0.25, 0.3) is 0 Å². The van der Waals surface area contributed by atoms with Crippen LogP contribution in [0.2, 0.25) is 0 Å². The van der Waals surface area contributed by atoms with Crippen LogP contribution in [-0.2, 0) is 17.6 Å². The standard InChI is InChI=1S/C25H30N4O2/c1-3-19-6-10-22(11-7-19)26-23(30)17-29-14-12-20(13-15-29)16-24-27-25(28-31-24)21-8-4-18(2)5-9-21/h4-11,20H,3,12-17H2,1-2H3,(H,26,30). The molecule has 1 aliphatic rings. The van der Waals surface area contributed by atoms with E-state index in [2.05, 4.69) is 58.5 Å². The number of carbonyl (C=O) groups is 1. The van der Waals surface area contributed by atoms with Crippen LogP contribution in [0.4, 0.5) is 5.69 Å². The first-order chi connectivity index (χ1) is 15.1. The van der Waals surface area contributed by atoms with E-state index in [1.807, 2.05) is 24.3 Å². The summed E-state index contributed by atoms with van der Waals surface area (Å²) in [6, 6.07) is 16.2. The second-order valence-electron chi connectivity index (χ2n) is 8.40. The number of benzene rings is 2. The fraction of sp³-hybridized carbons (Fsp3) is 0.400. The number of piperidine rings is 1. The summed E-state index contributed by atoms with van der Waals surface area (Å²) < 4.78 is 5.49. The molecule has 1 saturated heterocycles. The summed E-state index contributed by atoms with van der Waals surface area (Å²) in [6.07, 6.45) is 3.85. The summed E-state index contributed by atoms with van der Waals surface area (Å²) in [5.41, 5.74) is 4.32. The van der Waals surface area contributed by atoms with E-state index in [0.717, 1.165) is 50.0 Å². The summed E-state index contributed by atoms with van der Waals surface area (Å²) in [5, 5.41) is 7.14. The van der Waals surface area contributed by atoms with Gasteiger partial charge in [-0.1, -0.05) is 54.0 Å². The van der Waals surface area contributed by atoms with Crippen LogP contribution in [-0.4, -0.2) is 40.6 Å². The summed E-state index contributed by atoms with van der Waals surface area (Å²) in [6.45, 7) is 6.43. The maximum Gasteiger partial charge on any atom is 0.238 e. The number of anilines is 1. The first kappa shape index (κ1) is 21.2. The molecule has 2 aromatic carbocycles. The molecule has 1 N–H and O–H groups in total. The topological polar surface area (TPSA) is 71.3 Å². The van der Waals surface area contributed by atoms with Crippen LogP contribution in [0.5, 0.6) is 0 Å². The summed E-state index contributed by atoms with van der Waals surface area (Å²) in [4.78, 5) is 19.2. The lowest BCUT2D eigenvalue weighted by molar-refractivity contribution is -0.117. The Morgan fingerprint density at radius 3 is 2.48 bits per heavy atom. The van der Waals surface area contributed by atoms with Crippen LogP contribution in [0.15, 0.2) is 53.1 Å². The zero-order valence-corrected chi connectivity index (χ0v) is 18.3. The smallest absolute Gasteiger partial charge is 0.238 e. The zero-order chi connectivity index (χ0) is 21.6. The fourth-order valence-corrected chi connectivity index (χ4v) is 3.98. The van der Waals surface area contributed by atoms with Gasteiger partial charge in [-0.2, -0.15) is 4.98 Å². The average molecular weight is 419 g/mol. The molecule has 1 fully saturated rings. The van der Waals surface area contributed by atoms with Gasteiger partial charge in [-0.25, -0.2) is 0 Å². The second-order valence-corrected chi connectivity index (χ2v) is 8.40. The van der Waals surface area contributed by atoms with E-state index in [1.165, 1.54) is 11.1 Å². The fourth-order valence-electron chi connectivity index (χ4n) is 3.98. The van der Waals surface area contributed by atoms with E-state index >= 15 is 0 Å². The molecular formula is C25H30N4O2. The van der Waals surface area contributed by atoms with Gasteiger partial charge in [0.1, 0.15) is 0 Å². The molecular weight excluding hydrogens is 388 g/mol. The molecule has 0 radical (unpaired) electrons. The van der Waals surface area contributed by atoms with Crippen molar-refractivity contribution in [1.82, 2.24) is 15.0 Å². The normalized spacial score (nSPS) is 15.2. The van der Waals surface area contributed by atoms with Crippen molar-refractivity contribution in [2.75, 3.05) is 25.0 Å². The lowest BCUT2D eigenvalue weighted by atomic mass is 9.93. The van der Waals surface area contributed by atoms with Crippen LogP contribution in [0.3, 0.4) is 0 Å². The minimum atomic E-state index is 0.0438. The van der Waals surface area contributed by atoms with E-state index in [-0.39, 0.29) is 5.91 Å². The van der Waals surface area contributed by atoms with Crippen molar-refractivity contribution in [3.8, 4) is 11.4 Å². The van der Waals surface area contributed by atoms with Crippen LogP contribution >= 0.6 is 0 Å². The number of nitrogens with zero attached hydrogens (tertiary/aromatic N) is 3. The third kappa shape index (κ3) is 5.79. The number of aryl methyl sites for hydroxylation is 2. The number of rotatable bonds is 7. The van der Waals surface area contributed by atoms with Gasteiger partial charge in [-0.05, 0) is 62.9 Å². The van der Waals surface area contributed by atoms with Gasteiger partial charge in [0.05, 0.1) is 6.54 Å². The van der Waals surface area contributed by atoms with Crippen molar-refractivity contribution < 1.29 is 9.32 Å². The Labute approximate surface area is 183 Å². The third-order valence-electron chi connectivity index (χ3n) is 5.96. The maximum absolute atomic E-state index is 12.4. The SMILES string of the molecule is CCc1ccc(NC(=O)CN2CCC(Cc3nc(-c4ccc(C)cc4)no3)CC2)cc1. The number of hydrogen-bond acceptors (Lipinski definition) is 5. The Balaban J connectivity index is 1.22. The van der Waals surface area contributed by atoms with Gasteiger partial charge in [0, 0.05) is 17.7 Å². The Morgan fingerprint density at radius 1 is 1.10 bits per heavy atom. The number of carbonyl (C=O) groups excluding carboxylic acids is 1. The van der Waals surface area contributed by atoms with Crippen LogP contribution in [0.1, 0.15) is 36.8 Å². The molecule has 3 aromatic rings. The van der Waals surface area contributed by atoms with Crippen LogP contribution in [0.25, 0.3) is 11.4 Å². The van der Waals surface area contributed by atoms with E-state index in [9.17, 15) is 4.79 Å². The molecule has 6 heteroatoms. The van der Waals surface area contributed by atoms with Crippen molar-refractivity contribution in [1.29, 1.82) is 0 Å². The minimum Gasteiger partial charge on any atom is -0.339 e. The highest BCUT2D eigenvalue weighted by Gasteiger charge is 2.23. The molecule has 0 aliphatic carbocycles. The number of aromatic nitrogens is 2. The lowest BCUT2D eigenvalue weighted by Crippen LogP contribution is -2.39. The lowest BCUT2D eigenvalue weighted by Gasteiger charge is -2.30. The molecule has 4 rings (SSSR count). The van der Waals surface area contributed by atoms with E-state index in [1.54, 1.807) is 0 Å². The molecule has 1 aliphatic heterocycles. The van der Waals surface area contributed by atoms with Crippen molar-refractivity contribution in [3.05, 3.63) is 65.5 Å². The van der Waals surface area contributed by atoms with Gasteiger partial charge in [-0.15, -0.1) is 0 Å². The minimum absolute atomic E-state index is 0.0438. The van der Waals surface area contributed by atoms with Crippen LogP contribution < -0.4 is 5.32 Å². The summed E-state index contributed by atoms with van der Waals surface area (Å²) >= 11 is 0. The van der Waals surface area contributed by atoms with Crippen LogP contribution in [0, 0.1) is 12.8 Å². The maximum atomic E-state index is 12.4. The highest BCUT2D eigenvalue weighted by Crippen LogP contribution is 2.23. The quantitative estimate of drug-likeness (QED) is 0.612. The van der Waals surface area contributed by atoms with E-state index < -0.39 is 0 Å². The van der Waals surface area contributed by atoms with Gasteiger partial charge in [0.15, 0.2) is 0 Å². The Morgan fingerprint density at radius 2 is 1.81 bits per heavy atom. The van der Waals surface area contributed by atoms with Gasteiger partial charge < -0.3 is 9.84 Å². The number of likely N-dealkylation sites (tertiary alicyclic amines) is 1. The third-order valence-corrected chi connectivity index (χ3v) is 5.96. The zero-order valence-electron chi connectivity index (χ0n) is 18.3.